The predicted molar refractivity (Wildman–Crippen MR) is 135 cm³/mol. The summed E-state index contributed by atoms with van der Waals surface area (Å²) in [5, 5.41) is 11.9. The molecular formula is C26H25N5O2S. The molecule has 8 heteroatoms. The van der Waals surface area contributed by atoms with Crippen LogP contribution in [0.4, 0.5) is 5.69 Å². The average molecular weight is 472 g/mol. The maximum Gasteiger partial charge on any atom is 0.242 e. The van der Waals surface area contributed by atoms with Gasteiger partial charge in [-0.2, -0.15) is 0 Å². The number of aromatic nitrogens is 4. The molecule has 0 unspecified atom stereocenters. The van der Waals surface area contributed by atoms with Crippen LogP contribution in [0, 0.1) is 6.92 Å². The molecule has 2 heterocycles. The van der Waals surface area contributed by atoms with Gasteiger partial charge in [-0.3, -0.25) is 14.3 Å². The zero-order chi connectivity index (χ0) is 23.9. The lowest BCUT2D eigenvalue weighted by atomic mass is 10.1. The van der Waals surface area contributed by atoms with E-state index in [4.69, 9.17) is 4.74 Å². The van der Waals surface area contributed by atoms with Crippen LogP contribution in [0.1, 0.15) is 16.4 Å². The number of allylic oxidation sites excluding steroid dienone is 1. The number of ether oxygens (including phenoxy) is 1. The van der Waals surface area contributed by atoms with Crippen molar-refractivity contribution >= 4 is 23.4 Å². The number of benzene rings is 2. The third kappa shape index (κ3) is 5.18. The van der Waals surface area contributed by atoms with Crippen molar-refractivity contribution in [1.82, 2.24) is 19.7 Å². The van der Waals surface area contributed by atoms with Gasteiger partial charge in [-0.15, -0.1) is 16.8 Å². The number of pyridine rings is 1. The Labute approximate surface area is 202 Å². The van der Waals surface area contributed by atoms with Crippen molar-refractivity contribution in [1.29, 1.82) is 0 Å². The molecule has 0 saturated carbocycles. The van der Waals surface area contributed by atoms with Gasteiger partial charge in [-0.05, 0) is 42.3 Å². The Morgan fingerprint density at radius 3 is 2.62 bits per heavy atom. The third-order valence-corrected chi connectivity index (χ3v) is 6.38. The molecule has 0 saturated heterocycles. The lowest BCUT2D eigenvalue weighted by Gasteiger charge is -2.18. The number of carbonyl (C=O) groups is 1. The molecule has 0 spiro atoms. The number of rotatable bonds is 9. The molecule has 7 nitrogen and oxygen atoms in total. The van der Waals surface area contributed by atoms with Gasteiger partial charge >= 0.3 is 0 Å². The summed E-state index contributed by atoms with van der Waals surface area (Å²) in [5.74, 6) is 1.11. The number of nitrogens with zero attached hydrogens (tertiary/aromatic N) is 4. The minimum absolute atomic E-state index is 0.182. The smallest absolute Gasteiger partial charge is 0.242 e. The number of carbonyl (C=O) groups excluding carboxylic acids is 1. The summed E-state index contributed by atoms with van der Waals surface area (Å²) in [6, 6.07) is 19.1. The monoisotopic (exact) mass is 471 g/mol. The van der Waals surface area contributed by atoms with Crippen LogP contribution >= 0.6 is 11.8 Å². The highest BCUT2D eigenvalue weighted by molar-refractivity contribution is 8.00. The van der Waals surface area contributed by atoms with E-state index in [-0.39, 0.29) is 5.91 Å². The minimum atomic E-state index is -0.565. The first kappa shape index (κ1) is 23.3. The zero-order valence-corrected chi connectivity index (χ0v) is 19.8. The summed E-state index contributed by atoms with van der Waals surface area (Å²) in [6.07, 6.45) is 5.21. The predicted octanol–water partition coefficient (Wildman–Crippen LogP) is 5.32. The molecule has 0 fully saturated rings. The zero-order valence-electron chi connectivity index (χ0n) is 19.0. The number of amides is 1. The molecule has 34 heavy (non-hydrogen) atoms. The van der Waals surface area contributed by atoms with E-state index < -0.39 is 5.25 Å². The van der Waals surface area contributed by atoms with E-state index in [0.717, 1.165) is 16.7 Å². The molecule has 172 valence electrons. The van der Waals surface area contributed by atoms with Crippen LogP contribution in [0.25, 0.3) is 11.4 Å². The average Bonchev–Trinajstić information content (AvgIpc) is 3.26. The van der Waals surface area contributed by atoms with Crippen molar-refractivity contribution in [3.8, 4) is 17.1 Å². The first-order valence-electron chi connectivity index (χ1n) is 10.7. The fourth-order valence-electron chi connectivity index (χ4n) is 3.51. The van der Waals surface area contributed by atoms with Crippen LogP contribution in [-0.4, -0.2) is 32.8 Å². The van der Waals surface area contributed by atoms with E-state index in [0.29, 0.717) is 29.0 Å². The molecule has 1 atom stereocenters. The first-order chi connectivity index (χ1) is 16.6. The van der Waals surface area contributed by atoms with Gasteiger partial charge in [0.15, 0.2) is 11.0 Å². The van der Waals surface area contributed by atoms with Gasteiger partial charge in [0, 0.05) is 24.5 Å². The Morgan fingerprint density at radius 2 is 1.91 bits per heavy atom. The van der Waals surface area contributed by atoms with Crippen LogP contribution in [0.5, 0.6) is 5.75 Å². The van der Waals surface area contributed by atoms with E-state index in [2.05, 4.69) is 27.1 Å². The molecule has 0 aliphatic rings. The fraction of sp³-hybridized carbons (Fsp3) is 0.154. The number of thioether (sulfide) groups is 1. The second kappa shape index (κ2) is 10.8. The maximum atomic E-state index is 13.6. The van der Waals surface area contributed by atoms with Crippen LogP contribution in [0.3, 0.4) is 0 Å². The largest absolute Gasteiger partial charge is 0.495 e. The Kier molecular flexibility index (Phi) is 7.39. The Bertz CT molecular complexity index is 1280. The summed E-state index contributed by atoms with van der Waals surface area (Å²) in [4.78, 5) is 17.6. The van der Waals surface area contributed by atoms with Gasteiger partial charge in [-0.25, -0.2) is 0 Å². The van der Waals surface area contributed by atoms with Gasteiger partial charge in [0.1, 0.15) is 11.0 Å². The summed E-state index contributed by atoms with van der Waals surface area (Å²) >= 11 is 1.34. The molecule has 0 aliphatic heterocycles. The van der Waals surface area contributed by atoms with E-state index in [1.165, 1.54) is 11.8 Å². The highest BCUT2D eigenvalue weighted by atomic mass is 32.2. The summed E-state index contributed by atoms with van der Waals surface area (Å²) in [6.45, 7) is 6.35. The molecule has 4 rings (SSSR count). The van der Waals surface area contributed by atoms with Gasteiger partial charge in [-0.1, -0.05) is 54.2 Å². The molecular weight excluding hydrogens is 446 g/mol. The van der Waals surface area contributed by atoms with Crippen molar-refractivity contribution in [2.24, 2.45) is 0 Å². The van der Waals surface area contributed by atoms with Gasteiger partial charge in [0.05, 0.1) is 12.8 Å². The number of aryl methyl sites for hydroxylation is 1. The van der Waals surface area contributed by atoms with Crippen molar-refractivity contribution in [3.05, 3.63) is 96.8 Å². The van der Waals surface area contributed by atoms with Crippen molar-refractivity contribution in [3.63, 3.8) is 0 Å². The van der Waals surface area contributed by atoms with Crippen molar-refractivity contribution in [2.75, 3.05) is 12.4 Å². The molecule has 4 aromatic rings. The Morgan fingerprint density at radius 1 is 1.15 bits per heavy atom. The molecule has 1 N–H and O–H groups in total. The normalized spacial score (nSPS) is 11.6. The quantitative estimate of drug-likeness (QED) is 0.263. The van der Waals surface area contributed by atoms with Crippen LogP contribution in [0.2, 0.25) is 0 Å². The molecule has 0 bridgehead atoms. The highest BCUT2D eigenvalue weighted by Gasteiger charge is 2.26. The number of nitrogens with one attached hydrogen (secondary N) is 1. The van der Waals surface area contributed by atoms with Crippen molar-refractivity contribution < 1.29 is 9.53 Å². The van der Waals surface area contributed by atoms with Crippen LogP contribution in [0.15, 0.2) is 90.9 Å². The van der Waals surface area contributed by atoms with E-state index in [9.17, 15) is 4.79 Å². The lowest BCUT2D eigenvalue weighted by molar-refractivity contribution is -0.115. The van der Waals surface area contributed by atoms with Gasteiger partial charge < -0.3 is 10.1 Å². The SMILES string of the molecule is C=CCn1c(S[C@@H](C(=O)Nc2cc(C)ccc2OC)c2ccccc2)nnc1-c1ccncc1. The molecule has 0 aliphatic carbocycles. The molecule has 0 radical (unpaired) electrons. The minimum Gasteiger partial charge on any atom is -0.495 e. The first-order valence-corrected chi connectivity index (χ1v) is 11.6. The number of methoxy groups -OCH3 is 1. The topological polar surface area (TPSA) is 81.9 Å². The second-order valence-electron chi connectivity index (χ2n) is 7.54. The fourth-order valence-corrected chi connectivity index (χ4v) is 4.55. The van der Waals surface area contributed by atoms with E-state index >= 15 is 0 Å². The number of hydrogen-bond donors (Lipinski definition) is 1. The van der Waals surface area contributed by atoms with Gasteiger partial charge in [0.2, 0.25) is 5.91 Å². The van der Waals surface area contributed by atoms with E-state index in [1.54, 1.807) is 25.6 Å². The maximum absolute atomic E-state index is 13.6. The summed E-state index contributed by atoms with van der Waals surface area (Å²) in [7, 11) is 1.59. The van der Waals surface area contributed by atoms with Crippen LogP contribution in [-0.2, 0) is 11.3 Å². The summed E-state index contributed by atoms with van der Waals surface area (Å²) < 4.78 is 7.39. The molecule has 1 amide bonds. The molecule has 2 aromatic heterocycles. The second-order valence-corrected chi connectivity index (χ2v) is 8.62. The van der Waals surface area contributed by atoms with E-state index in [1.807, 2.05) is 72.2 Å². The summed E-state index contributed by atoms with van der Waals surface area (Å²) in [5.41, 5.74) is 3.39. The Hall–Kier alpha value is -3.91. The molecule has 2 aromatic carbocycles. The standard InChI is InChI=1S/C26H25N5O2S/c1-4-16-31-24(20-12-14-27-15-13-20)29-30-26(31)34-23(19-8-6-5-7-9-19)25(32)28-21-17-18(2)10-11-22(21)33-3/h4-15,17,23H,1,16H2,2-3H3,(H,28,32)/t23-/m1/s1. The lowest BCUT2D eigenvalue weighted by Crippen LogP contribution is -2.20. The van der Waals surface area contributed by atoms with Crippen LogP contribution < -0.4 is 10.1 Å². The van der Waals surface area contributed by atoms with Crippen molar-refractivity contribution in [2.45, 2.75) is 23.9 Å². The highest BCUT2D eigenvalue weighted by Crippen LogP contribution is 2.37. The van der Waals surface area contributed by atoms with Gasteiger partial charge in [0.25, 0.3) is 0 Å². The number of hydrogen-bond acceptors (Lipinski definition) is 6. The number of anilines is 1. The Balaban J connectivity index is 1.70. The third-order valence-electron chi connectivity index (χ3n) is 5.14.